The van der Waals surface area contributed by atoms with E-state index in [2.05, 4.69) is 0 Å². The molecule has 0 unspecified atom stereocenters. The highest BCUT2D eigenvalue weighted by Crippen LogP contribution is 2.24. The van der Waals surface area contributed by atoms with Gasteiger partial charge in [0.15, 0.2) is 11.3 Å². The van der Waals surface area contributed by atoms with E-state index in [-0.39, 0.29) is 18.0 Å². The third kappa shape index (κ3) is 1.89. The molecule has 15 heavy (non-hydrogen) atoms. The summed E-state index contributed by atoms with van der Waals surface area (Å²) in [4.78, 5) is 0. The zero-order chi connectivity index (χ0) is 10.1. The van der Waals surface area contributed by atoms with Gasteiger partial charge in [-0.3, -0.25) is 0 Å². The molecule has 0 fully saturated rings. The van der Waals surface area contributed by atoms with E-state index in [0.717, 1.165) is 5.39 Å². The number of hydrogen-bond acceptors (Lipinski definition) is 3. The Labute approximate surface area is 92.6 Å². The van der Waals surface area contributed by atoms with Crippen LogP contribution in [0.5, 0.6) is 5.75 Å². The quantitative estimate of drug-likeness (QED) is 0.535. The van der Waals surface area contributed by atoms with Crippen molar-refractivity contribution in [3.63, 3.8) is 0 Å². The van der Waals surface area contributed by atoms with Gasteiger partial charge in [-0.2, -0.15) is 0 Å². The van der Waals surface area contributed by atoms with Crippen molar-refractivity contribution in [1.82, 2.24) is 0 Å². The Bertz CT molecular complexity index is 536. The Kier molecular flexibility index (Phi) is 3.21. The molecule has 0 amide bonds. The second-order valence-corrected chi connectivity index (χ2v) is 2.94. The number of hydrogen-bond donors (Lipinski definition) is 2. The number of halogens is 1. The van der Waals surface area contributed by atoms with Crippen LogP contribution in [0.4, 0.5) is 5.69 Å². The number of fused-ring (bicyclic) bond motifs is 1. The van der Waals surface area contributed by atoms with Crippen molar-refractivity contribution in [2.75, 3.05) is 12.8 Å². The summed E-state index contributed by atoms with van der Waals surface area (Å²) in [5.74, 6) is 0.647. The molecule has 0 radical (unpaired) electrons. The van der Waals surface area contributed by atoms with E-state index in [4.69, 9.17) is 20.3 Å². The summed E-state index contributed by atoms with van der Waals surface area (Å²) >= 11 is 0. The molecular weight excluding hydrogens is 216 g/mol. The minimum atomic E-state index is 0. The van der Waals surface area contributed by atoms with Crippen molar-refractivity contribution in [2.45, 2.75) is 0 Å². The molecule has 0 aliphatic heterocycles. The molecule has 1 aromatic heterocycles. The van der Waals surface area contributed by atoms with Gasteiger partial charge in [-0.1, -0.05) is 12.1 Å². The monoisotopic (exact) mass is 226 g/mol. The zero-order valence-electron chi connectivity index (χ0n) is 8.16. The molecule has 0 saturated carbocycles. The van der Waals surface area contributed by atoms with Crippen LogP contribution < -0.4 is 33.8 Å². The standard InChI is InChI=1S/C10H10N2O2.ClH/c1-13-8-4-2-3-6-5-7(11)10(12)14-9(6)8;/h2-5,12H,11H2,1H3;1H. The maximum Gasteiger partial charge on any atom is 0.388 e. The Balaban J connectivity index is 0.00000112. The number of para-hydroxylation sites is 1. The molecule has 4 nitrogen and oxygen atoms in total. The van der Waals surface area contributed by atoms with Crippen LogP contribution in [0.15, 0.2) is 28.7 Å². The van der Waals surface area contributed by atoms with E-state index < -0.39 is 0 Å². The predicted octanol–water partition coefficient (Wildman–Crippen LogP) is -3.31. The molecule has 0 atom stereocenters. The predicted molar refractivity (Wildman–Crippen MR) is 52.2 cm³/mol. The average molecular weight is 227 g/mol. The molecule has 5 heteroatoms. The number of nitrogen functional groups attached to an aromatic ring is 1. The first kappa shape index (κ1) is 11.4. The fourth-order valence-electron chi connectivity index (χ4n) is 1.32. The van der Waals surface area contributed by atoms with E-state index in [1.54, 1.807) is 13.2 Å². The van der Waals surface area contributed by atoms with E-state index in [1.807, 2.05) is 18.2 Å². The lowest BCUT2D eigenvalue weighted by Crippen LogP contribution is -3.00. The molecule has 4 N–H and O–H groups in total. The van der Waals surface area contributed by atoms with Gasteiger partial charge >= 0.3 is 5.55 Å². The van der Waals surface area contributed by atoms with Crippen LogP contribution >= 0.6 is 0 Å². The number of methoxy groups -OCH3 is 1. The van der Waals surface area contributed by atoms with Gasteiger partial charge in [-0.25, -0.2) is 5.41 Å². The molecule has 80 valence electrons. The number of nitrogens with two attached hydrogens (primary N) is 2. The summed E-state index contributed by atoms with van der Waals surface area (Å²) in [6.07, 6.45) is 0. The first-order valence-electron chi connectivity index (χ1n) is 4.17. The third-order valence-corrected chi connectivity index (χ3v) is 2.04. The Hall–Kier alpha value is -1.68. The van der Waals surface area contributed by atoms with Gasteiger partial charge < -0.3 is 27.3 Å². The van der Waals surface area contributed by atoms with Crippen LogP contribution in [-0.4, -0.2) is 7.11 Å². The molecule has 0 bridgehead atoms. The van der Waals surface area contributed by atoms with Crippen LogP contribution in [0.2, 0.25) is 0 Å². The van der Waals surface area contributed by atoms with Crippen molar-refractivity contribution in [3.05, 3.63) is 29.8 Å². The van der Waals surface area contributed by atoms with Crippen molar-refractivity contribution < 1.29 is 27.0 Å². The lowest BCUT2D eigenvalue weighted by Gasteiger charge is -2.02. The average Bonchev–Trinajstić information content (AvgIpc) is 2.19. The van der Waals surface area contributed by atoms with Gasteiger partial charge in [0.2, 0.25) is 0 Å². The SMILES string of the molecule is COc1cccc2cc(N)c(=[NH2+])oc12.[Cl-]. The lowest BCUT2D eigenvalue weighted by molar-refractivity contribution is -0.196. The smallest absolute Gasteiger partial charge is 0.388 e. The highest BCUT2D eigenvalue weighted by molar-refractivity contribution is 5.84. The molecule has 0 aliphatic rings. The van der Waals surface area contributed by atoms with Crippen molar-refractivity contribution >= 4 is 16.7 Å². The van der Waals surface area contributed by atoms with Crippen molar-refractivity contribution in [3.8, 4) is 5.75 Å². The fraction of sp³-hybridized carbons (Fsp3) is 0.100. The molecule has 0 aliphatic carbocycles. The summed E-state index contributed by atoms with van der Waals surface area (Å²) in [5, 5.41) is 6.43. The summed E-state index contributed by atoms with van der Waals surface area (Å²) in [6, 6.07) is 7.32. The maximum absolute atomic E-state index is 5.62. The molecule has 1 aromatic carbocycles. The summed E-state index contributed by atoms with van der Waals surface area (Å²) in [5.41, 5.74) is 6.88. The Morgan fingerprint density at radius 1 is 1.40 bits per heavy atom. The van der Waals surface area contributed by atoms with Crippen LogP contribution in [0, 0.1) is 0 Å². The minimum Gasteiger partial charge on any atom is -1.00 e. The lowest BCUT2D eigenvalue weighted by atomic mass is 10.2. The number of ether oxygens (including phenoxy) is 1. The molecule has 2 aromatic rings. The van der Waals surface area contributed by atoms with Crippen LogP contribution in [0.3, 0.4) is 0 Å². The maximum atomic E-state index is 5.62. The Morgan fingerprint density at radius 2 is 2.13 bits per heavy atom. The van der Waals surface area contributed by atoms with Crippen molar-refractivity contribution in [2.24, 2.45) is 0 Å². The third-order valence-electron chi connectivity index (χ3n) is 2.04. The van der Waals surface area contributed by atoms with Crippen LogP contribution in [-0.2, 0) is 0 Å². The summed E-state index contributed by atoms with van der Waals surface area (Å²) in [6.45, 7) is 0. The highest BCUT2D eigenvalue weighted by atomic mass is 35.5. The zero-order valence-corrected chi connectivity index (χ0v) is 8.91. The van der Waals surface area contributed by atoms with Gasteiger partial charge in [-0.05, 0) is 12.1 Å². The number of benzene rings is 1. The van der Waals surface area contributed by atoms with Gasteiger partial charge in [0, 0.05) is 5.39 Å². The first-order valence-corrected chi connectivity index (χ1v) is 4.17. The second-order valence-electron chi connectivity index (χ2n) is 2.94. The second kappa shape index (κ2) is 4.23. The van der Waals surface area contributed by atoms with Gasteiger partial charge in [-0.15, -0.1) is 0 Å². The summed E-state index contributed by atoms with van der Waals surface area (Å²) < 4.78 is 10.5. The normalized spacial score (nSPS) is 9.67. The van der Waals surface area contributed by atoms with Crippen LogP contribution in [0.1, 0.15) is 0 Å². The minimum absolute atomic E-state index is 0. The largest absolute Gasteiger partial charge is 1.00 e. The van der Waals surface area contributed by atoms with Crippen LogP contribution in [0.25, 0.3) is 11.0 Å². The van der Waals surface area contributed by atoms with E-state index in [0.29, 0.717) is 17.0 Å². The number of anilines is 1. The molecule has 0 spiro atoms. The molecule has 2 rings (SSSR count). The van der Waals surface area contributed by atoms with E-state index in [1.165, 1.54) is 0 Å². The van der Waals surface area contributed by atoms with Gasteiger partial charge in [0.1, 0.15) is 5.69 Å². The highest BCUT2D eigenvalue weighted by Gasteiger charge is 2.06. The Morgan fingerprint density at radius 3 is 2.80 bits per heavy atom. The van der Waals surface area contributed by atoms with E-state index >= 15 is 0 Å². The summed E-state index contributed by atoms with van der Waals surface area (Å²) in [7, 11) is 1.58. The topological polar surface area (TPSA) is 74.0 Å². The molecular formula is C10H11ClN2O2. The van der Waals surface area contributed by atoms with Crippen molar-refractivity contribution in [1.29, 1.82) is 0 Å². The van der Waals surface area contributed by atoms with Gasteiger partial charge in [0.05, 0.1) is 7.11 Å². The fourth-order valence-corrected chi connectivity index (χ4v) is 1.32. The molecule has 1 heterocycles. The first-order chi connectivity index (χ1) is 6.72. The number of rotatable bonds is 1. The van der Waals surface area contributed by atoms with E-state index in [9.17, 15) is 0 Å². The van der Waals surface area contributed by atoms with Gasteiger partial charge in [0.25, 0.3) is 0 Å². The molecule has 0 saturated heterocycles.